The number of benzene rings is 2. The van der Waals surface area contributed by atoms with Crippen molar-refractivity contribution in [3.05, 3.63) is 81.9 Å². The quantitative estimate of drug-likeness (QED) is 0.490. The van der Waals surface area contributed by atoms with E-state index >= 15 is 0 Å². The summed E-state index contributed by atoms with van der Waals surface area (Å²) in [6.45, 7) is 2.16. The highest BCUT2D eigenvalue weighted by Crippen LogP contribution is 2.01. The lowest BCUT2D eigenvalue weighted by molar-refractivity contribution is -0.839. The first-order valence-electron chi connectivity index (χ1n) is 6.25. The fourth-order valence-electron chi connectivity index (χ4n) is 1.40. The highest BCUT2D eigenvalue weighted by Gasteiger charge is 2.08. The van der Waals surface area contributed by atoms with Crippen LogP contribution >= 0.6 is 0 Å². The molecule has 2 aromatic rings. The summed E-state index contributed by atoms with van der Waals surface area (Å²) in [5.41, 5.74) is 1.59. The predicted octanol–water partition coefficient (Wildman–Crippen LogP) is 3.22. The summed E-state index contributed by atoms with van der Waals surface area (Å²) in [4.78, 5) is 27.8. The third-order valence-electron chi connectivity index (χ3n) is 2.43. The molecule has 2 aromatic carbocycles. The third kappa shape index (κ3) is 6.72. The molecule has 0 aliphatic rings. The molecule has 0 radical (unpaired) electrons. The molecule has 21 heavy (non-hydrogen) atoms. The summed E-state index contributed by atoms with van der Waals surface area (Å²) in [7, 11) is 0. The maximum Gasteiger partial charge on any atom is 0.373 e. The van der Waals surface area contributed by atoms with Crippen molar-refractivity contribution in [3.8, 4) is 0 Å². The van der Waals surface area contributed by atoms with Crippen LogP contribution < -0.4 is 0 Å². The Balaban J connectivity index is 0.000000235. The first-order valence-corrected chi connectivity index (χ1v) is 6.25. The Morgan fingerprint density at radius 1 is 1.05 bits per heavy atom. The fraction of sp³-hybridized carbons (Fsp3) is 0.133. The van der Waals surface area contributed by atoms with Crippen LogP contribution in [0.5, 0.6) is 0 Å². The number of aryl methyl sites for hydroxylation is 1. The molecule has 0 saturated carbocycles. The van der Waals surface area contributed by atoms with Crippen molar-refractivity contribution >= 4 is 5.97 Å². The summed E-state index contributed by atoms with van der Waals surface area (Å²) in [6.07, 6.45) is 1.14. The van der Waals surface area contributed by atoms with E-state index < -0.39 is 11.1 Å². The van der Waals surface area contributed by atoms with Gasteiger partial charge < -0.3 is 0 Å². The second-order valence-electron chi connectivity index (χ2n) is 3.87. The molecule has 0 bridgehead atoms. The summed E-state index contributed by atoms with van der Waals surface area (Å²) in [5, 5.41) is 8.43. The summed E-state index contributed by atoms with van der Waals surface area (Å²) >= 11 is 0. The van der Waals surface area contributed by atoms with Crippen LogP contribution in [0.2, 0.25) is 0 Å². The molecule has 0 unspecified atom stereocenters. The number of hydrogen-bond acceptors (Lipinski definition) is 5. The Kier molecular flexibility index (Phi) is 6.99. The largest absolute Gasteiger partial charge is 0.373 e. The van der Waals surface area contributed by atoms with Crippen LogP contribution in [0.15, 0.2) is 60.7 Å². The molecule has 0 heterocycles. The van der Waals surface area contributed by atoms with Crippen LogP contribution in [0.3, 0.4) is 0 Å². The van der Waals surface area contributed by atoms with Crippen molar-refractivity contribution in [3.63, 3.8) is 0 Å². The minimum absolute atomic E-state index is 0.185. The molecular formula is C15H15NO5. The van der Waals surface area contributed by atoms with Gasteiger partial charge in [-0.15, -0.1) is 10.1 Å². The molecule has 0 spiro atoms. The van der Waals surface area contributed by atoms with Crippen molar-refractivity contribution in [1.29, 1.82) is 0 Å². The van der Waals surface area contributed by atoms with Gasteiger partial charge >= 0.3 is 11.1 Å². The van der Waals surface area contributed by atoms with Crippen molar-refractivity contribution in [2.24, 2.45) is 0 Å². The van der Waals surface area contributed by atoms with Crippen molar-refractivity contribution in [2.75, 3.05) is 0 Å². The van der Waals surface area contributed by atoms with Crippen molar-refractivity contribution < 1.29 is 19.8 Å². The number of rotatable bonds is 4. The van der Waals surface area contributed by atoms with E-state index in [1.54, 1.807) is 18.2 Å². The SMILES string of the molecule is CCc1ccccc1.O=C(OO[N+](=O)[O-])c1ccccc1. The summed E-state index contributed by atoms with van der Waals surface area (Å²) < 4.78 is 0. The van der Waals surface area contributed by atoms with Gasteiger partial charge in [-0.05, 0) is 24.1 Å². The van der Waals surface area contributed by atoms with Gasteiger partial charge in [0.25, 0.3) is 0 Å². The number of carbonyl (C=O) groups is 1. The van der Waals surface area contributed by atoms with Gasteiger partial charge in [0.05, 0.1) is 5.56 Å². The van der Waals surface area contributed by atoms with E-state index in [0.29, 0.717) is 0 Å². The van der Waals surface area contributed by atoms with Crippen LogP contribution in [0.25, 0.3) is 0 Å². The zero-order chi connectivity index (χ0) is 15.5. The Labute approximate surface area is 122 Å². The van der Waals surface area contributed by atoms with E-state index in [9.17, 15) is 14.9 Å². The van der Waals surface area contributed by atoms with E-state index in [2.05, 4.69) is 41.1 Å². The van der Waals surface area contributed by atoms with Crippen LogP contribution in [-0.4, -0.2) is 11.1 Å². The van der Waals surface area contributed by atoms with Gasteiger partial charge in [0.1, 0.15) is 0 Å². The Hall–Kier alpha value is -2.89. The molecule has 0 atom stereocenters. The minimum Gasteiger partial charge on any atom is -0.255 e. The van der Waals surface area contributed by atoms with E-state index in [1.165, 1.54) is 17.7 Å². The smallest absolute Gasteiger partial charge is 0.255 e. The first-order chi connectivity index (χ1) is 10.1. The lowest BCUT2D eigenvalue weighted by Gasteiger charge is -1.97. The molecule has 6 nitrogen and oxygen atoms in total. The maximum atomic E-state index is 10.9. The molecule has 0 aliphatic heterocycles. The second kappa shape index (κ2) is 9.08. The van der Waals surface area contributed by atoms with Crippen LogP contribution in [0.4, 0.5) is 0 Å². The standard InChI is InChI=1S/C8H10.C7H5NO5/c1-2-8-6-4-3-5-7-8;9-7(12-13-8(10)11)6-4-2-1-3-5-6/h3-7H,2H2,1H3;1-5H. The van der Waals surface area contributed by atoms with Gasteiger partial charge in [0.15, 0.2) is 0 Å². The minimum atomic E-state index is -1.21. The van der Waals surface area contributed by atoms with Crippen molar-refractivity contribution in [1.82, 2.24) is 0 Å². The highest BCUT2D eigenvalue weighted by atomic mass is 17.3. The normalized spacial score (nSPS) is 9.00. The Morgan fingerprint density at radius 2 is 1.57 bits per heavy atom. The average molecular weight is 289 g/mol. The zero-order valence-electron chi connectivity index (χ0n) is 11.5. The molecule has 0 saturated heterocycles. The van der Waals surface area contributed by atoms with Crippen LogP contribution in [0, 0.1) is 10.1 Å². The van der Waals surface area contributed by atoms with Gasteiger partial charge in [-0.1, -0.05) is 60.4 Å². The van der Waals surface area contributed by atoms with Gasteiger partial charge in [-0.25, -0.2) is 4.79 Å². The molecule has 0 aromatic heterocycles. The first kappa shape index (κ1) is 16.2. The number of nitrogens with zero attached hydrogens (tertiary/aromatic N) is 1. The molecule has 110 valence electrons. The molecule has 0 N–H and O–H groups in total. The van der Waals surface area contributed by atoms with Crippen LogP contribution in [0.1, 0.15) is 22.8 Å². The lowest BCUT2D eigenvalue weighted by Crippen LogP contribution is -2.09. The third-order valence-corrected chi connectivity index (χ3v) is 2.43. The molecule has 2 rings (SSSR count). The predicted molar refractivity (Wildman–Crippen MR) is 75.8 cm³/mol. The number of hydrogen-bond donors (Lipinski definition) is 0. The molecule has 0 aliphatic carbocycles. The van der Waals surface area contributed by atoms with Crippen LogP contribution in [-0.2, 0) is 16.3 Å². The van der Waals surface area contributed by atoms with Gasteiger partial charge in [-0.2, -0.15) is 0 Å². The van der Waals surface area contributed by atoms with Gasteiger partial charge in [0, 0.05) is 0 Å². The highest BCUT2D eigenvalue weighted by molar-refractivity contribution is 5.88. The van der Waals surface area contributed by atoms with Gasteiger partial charge in [-0.3, -0.25) is 4.89 Å². The Bertz CT molecular complexity index is 557. The molecular weight excluding hydrogens is 274 g/mol. The van der Waals surface area contributed by atoms with E-state index in [-0.39, 0.29) is 5.56 Å². The molecule has 0 fully saturated rings. The second-order valence-corrected chi connectivity index (χ2v) is 3.87. The van der Waals surface area contributed by atoms with E-state index in [0.717, 1.165) is 6.42 Å². The monoisotopic (exact) mass is 289 g/mol. The summed E-state index contributed by atoms with van der Waals surface area (Å²) in [6, 6.07) is 18.3. The molecule has 6 heteroatoms. The summed E-state index contributed by atoms with van der Waals surface area (Å²) in [5.74, 6) is -0.905. The van der Waals surface area contributed by atoms with Crippen molar-refractivity contribution in [2.45, 2.75) is 13.3 Å². The average Bonchev–Trinajstić information content (AvgIpc) is 2.54. The lowest BCUT2D eigenvalue weighted by atomic mass is 10.2. The molecule has 0 amide bonds. The maximum absolute atomic E-state index is 10.9. The van der Waals surface area contributed by atoms with E-state index in [1.807, 2.05) is 6.07 Å². The van der Waals surface area contributed by atoms with E-state index in [4.69, 9.17) is 0 Å². The Morgan fingerprint density at radius 3 is 2.00 bits per heavy atom. The topological polar surface area (TPSA) is 78.7 Å². The number of carbonyl (C=O) groups excluding carboxylic acids is 1. The zero-order valence-corrected chi connectivity index (χ0v) is 11.5. The fourth-order valence-corrected chi connectivity index (χ4v) is 1.40. The van der Waals surface area contributed by atoms with Gasteiger partial charge in [0.2, 0.25) is 0 Å².